The molecule has 2 N–H and O–H groups in total. The normalized spacial score (nSPS) is 17.9. The summed E-state index contributed by atoms with van der Waals surface area (Å²) in [6, 6.07) is 5.50. The number of carbonyl (C=O) groups is 4. The lowest BCUT2D eigenvalue weighted by Gasteiger charge is -2.17. The summed E-state index contributed by atoms with van der Waals surface area (Å²) < 4.78 is 5.33. The van der Waals surface area contributed by atoms with E-state index in [1.165, 1.54) is 6.92 Å². The van der Waals surface area contributed by atoms with Crippen molar-refractivity contribution in [2.75, 3.05) is 17.3 Å². The molecule has 0 unspecified atom stereocenters. The van der Waals surface area contributed by atoms with E-state index in [1.54, 1.807) is 24.3 Å². The fraction of sp³-hybridized carbons (Fsp3) is 0.412. The molecule has 0 radical (unpaired) electrons. The molecule has 140 valence electrons. The Morgan fingerprint density at radius 3 is 2.54 bits per heavy atom. The number of carboxylic acid groups (broad SMARTS) is 1. The lowest BCUT2D eigenvalue weighted by Crippen LogP contribution is -2.42. The van der Waals surface area contributed by atoms with Crippen LogP contribution in [0.15, 0.2) is 24.3 Å². The van der Waals surface area contributed by atoms with E-state index in [-0.39, 0.29) is 18.1 Å². The van der Waals surface area contributed by atoms with Crippen LogP contribution in [0.4, 0.5) is 5.69 Å². The van der Waals surface area contributed by atoms with Gasteiger partial charge in [-0.1, -0.05) is 0 Å². The van der Waals surface area contributed by atoms with Crippen LogP contribution in [0.25, 0.3) is 0 Å². The van der Waals surface area contributed by atoms with Gasteiger partial charge < -0.3 is 15.2 Å². The summed E-state index contributed by atoms with van der Waals surface area (Å²) in [5.41, 5.74) is 0.447. The number of hydrogen-bond donors (Lipinski definition) is 2. The molecule has 1 aliphatic heterocycles. The van der Waals surface area contributed by atoms with Crippen LogP contribution < -0.4 is 15.0 Å². The maximum Gasteiger partial charge on any atom is 0.327 e. The topological polar surface area (TPSA) is 113 Å². The Balaban J connectivity index is 2.03. The van der Waals surface area contributed by atoms with Crippen molar-refractivity contribution in [3.8, 4) is 5.75 Å². The predicted octanol–water partition coefficient (Wildman–Crippen LogP) is 1.04. The van der Waals surface area contributed by atoms with Gasteiger partial charge in [0, 0.05) is 19.1 Å². The average molecular weight is 380 g/mol. The van der Waals surface area contributed by atoms with Crippen molar-refractivity contribution in [2.24, 2.45) is 0 Å². The van der Waals surface area contributed by atoms with Crippen LogP contribution in [-0.2, 0) is 19.2 Å². The number of hydrogen-bond acceptors (Lipinski definition) is 6. The number of anilines is 1. The third-order valence-corrected chi connectivity index (χ3v) is 4.95. The summed E-state index contributed by atoms with van der Waals surface area (Å²) in [6.45, 7) is 3.59. The molecular formula is C17H20N2O6S. The largest absolute Gasteiger partial charge is 0.494 e. The number of amides is 3. The van der Waals surface area contributed by atoms with Gasteiger partial charge in [0.2, 0.25) is 17.7 Å². The first-order valence-corrected chi connectivity index (χ1v) is 9.09. The van der Waals surface area contributed by atoms with Crippen molar-refractivity contribution >= 4 is 41.1 Å². The Bertz CT molecular complexity index is 706. The molecule has 1 aliphatic rings. The van der Waals surface area contributed by atoms with Crippen molar-refractivity contribution < 1.29 is 29.0 Å². The van der Waals surface area contributed by atoms with E-state index < -0.39 is 29.1 Å². The van der Waals surface area contributed by atoms with Gasteiger partial charge in [-0.05, 0) is 31.2 Å². The summed E-state index contributed by atoms with van der Waals surface area (Å²) in [5.74, 6) is -1.76. The summed E-state index contributed by atoms with van der Waals surface area (Å²) >= 11 is 1.05. The van der Waals surface area contributed by atoms with E-state index in [9.17, 15) is 19.2 Å². The first kappa shape index (κ1) is 19.8. The molecule has 1 saturated heterocycles. The number of thioether (sulfide) groups is 1. The second kappa shape index (κ2) is 8.70. The van der Waals surface area contributed by atoms with Crippen LogP contribution in [0, 0.1) is 0 Å². The Kier molecular flexibility index (Phi) is 6.62. The minimum Gasteiger partial charge on any atom is -0.494 e. The van der Waals surface area contributed by atoms with Gasteiger partial charge in [0.05, 0.1) is 17.5 Å². The molecule has 26 heavy (non-hydrogen) atoms. The third-order valence-electron chi connectivity index (χ3n) is 3.65. The van der Waals surface area contributed by atoms with Gasteiger partial charge in [0.1, 0.15) is 11.8 Å². The van der Waals surface area contributed by atoms with E-state index in [2.05, 4.69) is 5.32 Å². The zero-order valence-corrected chi connectivity index (χ0v) is 15.2. The number of ether oxygens (including phenoxy) is 1. The van der Waals surface area contributed by atoms with Crippen LogP contribution >= 0.6 is 11.8 Å². The molecule has 1 aromatic rings. The molecule has 1 heterocycles. The fourth-order valence-corrected chi connectivity index (χ4v) is 3.66. The highest BCUT2D eigenvalue weighted by atomic mass is 32.2. The Morgan fingerprint density at radius 1 is 1.35 bits per heavy atom. The Labute approximate surface area is 154 Å². The maximum absolute atomic E-state index is 12.5. The Hall–Kier alpha value is -2.55. The molecule has 0 aromatic heterocycles. The van der Waals surface area contributed by atoms with E-state index >= 15 is 0 Å². The van der Waals surface area contributed by atoms with E-state index in [4.69, 9.17) is 9.84 Å². The molecule has 3 amide bonds. The number of benzene rings is 1. The van der Waals surface area contributed by atoms with Crippen molar-refractivity contribution in [1.29, 1.82) is 0 Å². The molecule has 2 atom stereocenters. The lowest BCUT2D eigenvalue weighted by molar-refractivity contribution is -0.140. The first-order chi connectivity index (χ1) is 12.3. The Morgan fingerprint density at radius 2 is 2.00 bits per heavy atom. The monoisotopic (exact) mass is 380 g/mol. The van der Waals surface area contributed by atoms with E-state index in [0.29, 0.717) is 18.0 Å². The molecule has 0 saturated carbocycles. The highest BCUT2D eigenvalue weighted by Gasteiger charge is 2.40. The first-order valence-electron chi connectivity index (χ1n) is 8.04. The standard InChI is InChI=1S/C17H20N2O6S/c1-3-25-12-6-4-11(5-7-12)19-15(21)8-14(16(19)22)26-9-13(17(23)24)18-10(2)20/h4-7,13-14H,3,8-9H2,1-2H3,(H,18,20)(H,23,24)/t13-,14+/m0/s1. The van der Waals surface area contributed by atoms with Crippen LogP contribution in [0.1, 0.15) is 20.3 Å². The van der Waals surface area contributed by atoms with Crippen LogP contribution in [-0.4, -0.2) is 52.4 Å². The van der Waals surface area contributed by atoms with Crippen molar-refractivity contribution in [3.63, 3.8) is 0 Å². The minimum atomic E-state index is -1.19. The highest BCUT2D eigenvalue weighted by molar-refractivity contribution is 8.00. The van der Waals surface area contributed by atoms with Gasteiger partial charge in [-0.2, -0.15) is 0 Å². The predicted molar refractivity (Wildman–Crippen MR) is 96.2 cm³/mol. The van der Waals surface area contributed by atoms with Crippen molar-refractivity contribution in [3.05, 3.63) is 24.3 Å². The second-order valence-corrected chi connectivity index (χ2v) is 6.85. The molecule has 1 aromatic carbocycles. The van der Waals surface area contributed by atoms with Crippen molar-refractivity contribution in [1.82, 2.24) is 5.32 Å². The summed E-state index contributed by atoms with van der Waals surface area (Å²) in [6.07, 6.45) is -0.0108. The number of carbonyl (C=O) groups excluding carboxylic acids is 3. The molecule has 8 nitrogen and oxygen atoms in total. The SMILES string of the molecule is CCOc1ccc(N2C(=O)C[C@@H](SC[C@H](NC(C)=O)C(=O)O)C2=O)cc1. The van der Waals surface area contributed by atoms with Gasteiger partial charge in [-0.3, -0.25) is 14.4 Å². The van der Waals surface area contributed by atoms with Gasteiger partial charge in [0.25, 0.3) is 0 Å². The van der Waals surface area contributed by atoms with E-state index in [1.807, 2.05) is 6.92 Å². The average Bonchev–Trinajstić information content (AvgIpc) is 2.86. The summed E-state index contributed by atoms with van der Waals surface area (Å²) in [5, 5.41) is 10.7. The number of nitrogens with zero attached hydrogens (tertiary/aromatic N) is 1. The van der Waals surface area contributed by atoms with Crippen LogP contribution in [0.5, 0.6) is 5.75 Å². The molecule has 0 aliphatic carbocycles. The molecule has 0 spiro atoms. The fourth-order valence-electron chi connectivity index (χ4n) is 2.50. The molecule has 9 heteroatoms. The number of nitrogens with one attached hydrogen (secondary N) is 1. The smallest absolute Gasteiger partial charge is 0.327 e. The van der Waals surface area contributed by atoms with Crippen molar-refractivity contribution in [2.45, 2.75) is 31.6 Å². The number of carboxylic acids is 1. The number of rotatable bonds is 8. The van der Waals surface area contributed by atoms with Gasteiger partial charge in [-0.15, -0.1) is 11.8 Å². The summed E-state index contributed by atoms with van der Waals surface area (Å²) in [7, 11) is 0. The molecule has 2 rings (SSSR count). The quantitative estimate of drug-likeness (QED) is 0.648. The van der Waals surface area contributed by atoms with Crippen LogP contribution in [0.2, 0.25) is 0 Å². The zero-order chi connectivity index (χ0) is 19.3. The van der Waals surface area contributed by atoms with E-state index in [0.717, 1.165) is 16.7 Å². The second-order valence-electron chi connectivity index (χ2n) is 5.61. The van der Waals surface area contributed by atoms with Crippen LogP contribution in [0.3, 0.4) is 0 Å². The third kappa shape index (κ3) is 4.75. The molecule has 1 fully saturated rings. The molecular weight excluding hydrogens is 360 g/mol. The van der Waals surface area contributed by atoms with Gasteiger partial charge in [-0.25, -0.2) is 9.69 Å². The van der Waals surface area contributed by atoms with Gasteiger partial charge >= 0.3 is 5.97 Å². The summed E-state index contributed by atoms with van der Waals surface area (Å²) in [4.78, 5) is 48.1. The number of imide groups is 1. The minimum absolute atomic E-state index is 0.00425. The highest BCUT2D eigenvalue weighted by Crippen LogP contribution is 2.31. The lowest BCUT2D eigenvalue weighted by atomic mass is 10.3. The number of aliphatic carboxylic acids is 1. The molecule has 0 bridgehead atoms. The zero-order valence-electron chi connectivity index (χ0n) is 14.4. The van der Waals surface area contributed by atoms with Gasteiger partial charge in [0.15, 0.2) is 0 Å². The maximum atomic E-state index is 12.5.